The number of methoxy groups -OCH3 is 2. The summed E-state index contributed by atoms with van der Waals surface area (Å²) >= 11 is 6.11. The molecule has 106 valence electrons. The topological polar surface area (TPSA) is 81.2 Å². The molecule has 0 bridgehead atoms. The Kier molecular flexibility index (Phi) is 4.41. The molecule has 7 nitrogen and oxygen atoms in total. The van der Waals surface area contributed by atoms with Crippen molar-refractivity contribution in [2.24, 2.45) is 0 Å². The fraction of sp³-hybridized carbons (Fsp3) is 0.250. The van der Waals surface area contributed by atoms with Crippen LogP contribution in [0.3, 0.4) is 0 Å². The van der Waals surface area contributed by atoms with Gasteiger partial charge in [0.15, 0.2) is 0 Å². The molecule has 0 amide bonds. The molecule has 0 unspecified atom stereocenters. The maximum absolute atomic E-state index is 6.11. The lowest BCUT2D eigenvalue weighted by atomic mass is 10.3. The minimum Gasteiger partial charge on any atom is -0.497 e. The summed E-state index contributed by atoms with van der Waals surface area (Å²) < 4.78 is 10.2. The fourth-order valence-corrected chi connectivity index (χ4v) is 1.63. The molecule has 0 aliphatic heterocycles. The molecule has 1 aromatic carbocycles. The summed E-state index contributed by atoms with van der Waals surface area (Å²) in [7, 11) is 4.77. The van der Waals surface area contributed by atoms with E-state index in [2.05, 4.69) is 25.6 Å². The van der Waals surface area contributed by atoms with Gasteiger partial charge in [0.25, 0.3) is 0 Å². The molecule has 2 N–H and O–H groups in total. The van der Waals surface area contributed by atoms with Crippen LogP contribution in [0.2, 0.25) is 5.02 Å². The van der Waals surface area contributed by atoms with Crippen LogP contribution in [-0.2, 0) is 0 Å². The number of hydrogen-bond acceptors (Lipinski definition) is 7. The van der Waals surface area contributed by atoms with Crippen LogP contribution in [-0.4, -0.2) is 36.2 Å². The van der Waals surface area contributed by atoms with Crippen molar-refractivity contribution < 1.29 is 9.47 Å². The standard InChI is InChI=1S/C12H14ClN5O2/c1-14-10-16-11(18-12(17-10)20-3)15-9-6-7(19-2)4-5-8(9)13/h4-6H,1-3H3,(H2,14,15,16,17,18). The average Bonchev–Trinajstić information content (AvgIpc) is 2.49. The maximum atomic E-state index is 6.11. The summed E-state index contributed by atoms with van der Waals surface area (Å²) in [6.45, 7) is 0. The number of ether oxygens (including phenoxy) is 2. The predicted molar refractivity (Wildman–Crippen MR) is 77.2 cm³/mol. The molecule has 0 aliphatic rings. The molecule has 20 heavy (non-hydrogen) atoms. The van der Waals surface area contributed by atoms with Crippen molar-refractivity contribution in [2.45, 2.75) is 0 Å². The van der Waals surface area contributed by atoms with E-state index in [0.29, 0.717) is 28.4 Å². The van der Waals surface area contributed by atoms with E-state index in [0.717, 1.165) is 0 Å². The Bertz CT molecular complexity index is 586. The molecule has 0 aliphatic carbocycles. The molecule has 0 saturated heterocycles. The molecular formula is C12H14ClN5O2. The van der Waals surface area contributed by atoms with Crippen molar-refractivity contribution in [2.75, 3.05) is 31.9 Å². The van der Waals surface area contributed by atoms with Crippen LogP contribution in [0.4, 0.5) is 17.6 Å². The second-order valence-corrected chi connectivity index (χ2v) is 4.10. The normalized spacial score (nSPS) is 10.0. The van der Waals surface area contributed by atoms with Crippen LogP contribution in [0.5, 0.6) is 11.8 Å². The fourth-order valence-electron chi connectivity index (χ4n) is 1.46. The summed E-state index contributed by atoms with van der Waals surface area (Å²) in [5, 5.41) is 6.35. The van der Waals surface area contributed by atoms with Crippen LogP contribution < -0.4 is 20.1 Å². The zero-order valence-electron chi connectivity index (χ0n) is 11.3. The lowest BCUT2D eigenvalue weighted by Crippen LogP contribution is -2.05. The van der Waals surface area contributed by atoms with E-state index < -0.39 is 0 Å². The van der Waals surface area contributed by atoms with Crippen LogP contribution in [0, 0.1) is 0 Å². The number of nitrogens with one attached hydrogen (secondary N) is 2. The first-order chi connectivity index (χ1) is 9.66. The van der Waals surface area contributed by atoms with Crippen molar-refractivity contribution >= 4 is 29.2 Å². The van der Waals surface area contributed by atoms with E-state index in [9.17, 15) is 0 Å². The van der Waals surface area contributed by atoms with Crippen molar-refractivity contribution in [3.05, 3.63) is 23.2 Å². The summed E-state index contributed by atoms with van der Waals surface area (Å²) in [6, 6.07) is 5.43. The Morgan fingerprint density at radius 3 is 2.45 bits per heavy atom. The van der Waals surface area contributed by atoms with E-state index in [-0.39, 0.29) is 6.01 Å². The van der Waals surface area contributed by atoms with Gasteiger partial charge in [0.1, 0.15) is 5.75 Å². The highest BCUT2D eigenvalue weighted by molar-refractivity contribution is 6.33. The first-order valence-electron chi connectivity index (χ1n) is 5.74. The third-order valence-electron chi connectivity index (χ3n) is 2.44. The molecule has 0 saturated carbocycles. The highest BCUT2D eigenvalue weighted by atomic mass is 35.5. The van der Waals surface area contributed by atoms with Gasteiger partial charge in [-0.05, 0) is 12.1 Å². The molecule has 0 fully saturated rings. The monoisotopic (exact) mass is 295 g/mol. The van der Waals surface area contributed by atoms with Crippen LogP contribution in [0.25, 0.3) is 0 Å². The highest BCUT2D eigenvalue weighted by Crippen LogP contribution is 2.28. The first kappa shape index (κ1) is 14.1. The van der Waals surface area contributed by atoms with Gasteiger partial charge >= 0.3 is 6.01 Å². The van der Waals surface area contributed by atoms with Crippen molar-refractivity contribution in [1.29, 1.82) is 0 Å². The lowest BCUT2D eigenvalue weighted by Gasteiger charge is -2.10. The van der Waals surface area contributed by atoms with Crippen LogP contribution in [0.15, 0.2) is 18.2 Å². The van der Waals surface area contributed by atoms with Crippen LogP contribution in [0.1, 0.15) is 0 Å². The van der Waals surface area contributed by atoms with Gasteiger partial charge in [-0.2, -0.15) is 15.0 Å². The third kappa shape index (κ3) is 3.18. The second-order valence-electron chi connectivity index (χ2n) is 3.69. The number of nitrogens with zero attached hydrogens (tertiary/aromatic N) is 3. The molecule has 0 radical (unpaired) electrons. The number of halogens is 1. The summed E-state index contributed by atoms with van der Waals surface area (Å²) in [4.78, 5) is 12.3. The molecular weight excluding hydrogens is 282 g/mol. The first-order valence-corrected chi connectivity index (χ1v) is 6.12. The van der Waals surface area contributed by atoms with E-state index >= 15 is 0 Å². The van der Waals surface area contributed by atoms with Gasteiger partial charge in [-0.1, -0.05) is 11.6 Å². The molecule has 1 aromatic heterocycles. The Morgan fingerprint density at radius 2 is 1.80 bits per heavy atom. The van der Waals surface area contributed by atoms with Gasteiger partial charge in [0, 0.05) is 13.1 Å². The van der Waals surface area contributed by atoms with Crippen molar-refractivity contribution in [3.8, 4) is 11.8 Å². The number of aromatic nitrogens is 3. The van der Waals surface area contributed by atoms with Gasteiger partial charge in [-0.3, -0.25) is 0 Å². The molecule has 1 heterocycles. The largest absolute Gasteiger partial charge is 0.497 e. The van der Waals surface area contributed by atoms with E-state index in [4.69, 9.17) is 21.1 Å². The van der Waals surface area contributed by atoms with Gasteiger partial charge in [0.2, 0.25) is 11.9 Å². The van der Waals surface area contributed by atoms with Gasteiger partial charge in [-0.15, -0.1) is 0 Å². The molecule has 8 heteroatoms. The van der Waals surface area contributed by atoms with Crippen LogP contribution >= 0.6 is 11.6 Å². The van der Waals surface area contributed by atoms with Crippen molar-refractivity contribution in [1.82, 2.24) is 15.0 Å². The maximum Gasteiger partial charge on any atom is 0.322 e. The number of benzene rings is 1. The molecule has 0 spiro atoms. The third-order valence-corrected chi connectivity index (χ3v) is 2.77. The Balaban J connectivity index is 2.33. The zero-order chi connectivity index (χ0) is 14.5. The Labute approximate surface area is 121 Å². The minimum absolute atomic E-state index is 0.200. The van der Waals surface area contributed by atoms with Gasteiger partial charge in [-0.25, -0.2) is 0 Å². The quantitative estimate of drug-likeness (QED) is 0.876. The smallest absolute Gasteiger partial charge is 0.322 e. The number of hydrogen-bond donors (Lipinski definition) is 2. The van der Waals surface area contributed by atoms with E-state index in [1.807, 2.05) is 0 Å². The molecule has 0 atom stereocenters. The van der Waals surface area contributed by atoms with E-state index in [1.54, 1.807) is 32.4 Å². The summed E-state index contributed by atoms with van der Waals surface area (Å²) in [5.41, 5.74) is 0.626. The predicted octanol–water partition coefficient (Wildman–Crippen LogP) is 2.33. The number of anilines is 3. The second kappa shape index (κ2) is 6.25. The Morgan fingerprint density at radius 1 is 1.05 bits per heavy atom. The van der Waals surface area contributed by atoms with E-state index in [1.165, 1.54) is 7.11 Å². The van der Waals surface area contributed by atoms with Gasteiger partial charge < -0.3 is 20.1 Å². The Hall–Kier alpha value is -2.28. The molecule has 2 rings (SSSR count). The average molecular weight is 296 g/mol. The van der Waals surface area contributed by atoms with Crippen molar-refractivity contribution in [3.63, 3.8) is 0 Å². The zero-order valence-corrected chi connectivity index (χ0v) is 12.0. The SMILES string of the molecule is CNc1nc(Nc2cc(OC)ccc2Cl)nc(OC)n1. The minimum atomic E-state index is 0.200. The van der Waals surface area contributed by atoms with Gasteiger partial charge in [0.05, 0.1) is 24.9 Å². The molecule has 2 aromatic rings. The number of rotatable bonds is 5. The summed E-state index contributed by atoms with van der Waals surface area (Å²) in [5.74, 6) is 1.38. The summed E-state index contributed by atoms with van der Waals surface area (Å²) in [6.07, 6.45) is 0. The lowest BCUT2D eigenvalue weighted by molar-refractivity contribution is 0.379. The highest BCUT2D eigenvalue weighted by Gasteiger charge is 2.09.